The molecule has 0 saturated carbocycles. The van der Waals surface area contributed by atoms with Gasteiger partial charge in [-0.05, 0) is 24.3 Å². The summed E-state index contributed by atoms with van der Waals surface area (Å²) in [6.45, 7) is 0. The van der Waals surface area contributed by atoms with E-state index in [4.69, 9.17) is 0 Å². The Hall–Kier alpha value is -2.14. The fraction of sp³-hybridized carbons (Fsp3) is 0. The molecule has 21 heavy (non-hydrogen) atoms. The van der Waals surface area contributed by atoms with Gasteiger partial charge in [-0.25, -0.2) is 8.78 Å². The number of nitrogens with zero attached hydrogens (tertiary/aromatic N) is 1. The van der Waals surface area contributed by atoms with Gasteiger partial charge in [0.05, 0.1) is 11.1 Å². The molecule has 1 aromatic heterocycles. The third kappa shape index (κ3) is 2.45. The SMILES string of the molecule is O=C(c1c(F)cc(Br)cc1F)c1cccc2cccnc12. The first-order valence-corrected chi connectivity index (χ1v) is 6.90. The molecule has 0 radical (unpaired) electrons. The first-order valence-electron chi connectivity index (χ1n) is 6.11. The van der Waals surface area contributed by atoms with Gasteiger partial charge in [-0.15, -0.1) is 0 Å². The molecule has 0 unspecified atom stereocenters. The van der Waals surface area contributed by atoms with Crippen LogP contribution in [0.4, 0.5) is 8.78 Å². The van der Waals surface area contributed by atoms with Gasteiger partial charge in [-0.1, -0.05) is 34.1 Å². The van der Waals surface area contributed by atoms with Gasteiger partial charge in [0, 0.05) is 21.6 Å². The number of carbonyl (C=O) groups is 1. The van der Waals surface area contributed by atoms with E-state index in [1.165, 1.54) is 12.3 Å². The molecule has 0 bridgehead atoms. The van der Waals surface area contributed by atoms with Gasteiger partial charge < -0.3 is 0 Å². The predicted molar refractivity (Wildman–Crippen MR) is 79.2 cm³/mol. The number of pyridine rings is 1. The van der Waals surface area contributed by atoms with Crippen molar-refractivity contribution in [3.63, 3.8) is 0 Å². The Morgan fingerprint density at radius 3 is 2.43 bits per heavy atom. The highest BCUT2D eigenvalue weighted by Gasteiger charge is 2.21. The molecule has 5 heteroatoms. The van der Waals surface area contributed by atoms with E-state index >= 15 is 0 Å². The lowest BCUT2D eigenvalue weighted by atomic mass is 9.99. The third-order valence-electron chi connectivity index (χ3n) is 3.11. The van der Waals surface area contributed by atoms with Gasteiger partial charge in [-0.3, -0.25) is 9.78 Å². The van der Waals surface area contributed by atoms with Crippen molar-refractivity contribution in [3.05, 3.63) is 75.9 Å². The van der Waals surface area contributed by atoms with Crippen LogP contribution in [0, 0.1) is 11.6 Å². The molecule has 3 aromatic rings. The maximum atomic E-state index is 13.9. The van der Waals surface area contributed by atoms with Crippen LogP contribution in [0.2, 0.25) is 0 Å². The molecule has 0 fully saturated rings. The zero-order chi connectivity index (χ0) is 15.0. The number of carbonyl (C=O) groups excluding carboxylic acids is 1. The van der Waals surface area contributed by atoms with Crippen molar-refractivity contribution in [1.29, 1.82) is 0 Å². The van der Waals surface area contributed by atoms with Crippen LogP contribution >= 0.6 is 15.9 Å². The van der Waals surface area contributed by atoms with E-state index in [0.29, 0.717) is 5.52 Å². The first kappa shape index (κ1) is 13.8. The fourth-order valence-electron chi connectivity index (χ4n) is 2.18. The Bertz CT molecular complexity index is 836. The summed E-state index contributed by atoms with van der Waals surface area (Å²) in [6.07, 6.45) is 1.54. The standard InChI is InChI=1S/C16H8BrF2NO/c17-10-7-12(18)14(13(19)8-10)16(21)11-5-1-3-9-4-2-6-20-15(9)11/h1-8H. The molecule has 3 rings (SSSR count). The van der Waals surface area contributed by atoms with E-state index in [2.05, 4.69) is 20.9 Å². The van der Waals surface area contributed by atoms with Gasteiger partial charge in [0.25, 0.3) is 0 Å². The molecule has 0 aliphatic carbocycles. The van der Waals surface area contributed by atoms with Crippen LogP contribution in [-0.2, 0) is 0 Å². The van der Waals surface area contributed by atoms with Crippen LogP contribution in [0.25, 0.3) is 10.9 Å². The number of ketones is 1. The molecule has 2 aromatic carbocycles. The number of hydrogen-bond acceptors (Lipinski definition) is 2. The van der Waals surface area contributed by atoms with Crippen LogP contribution in [0.3, 0.4) is 0 Å². The Kier molecular flexibility index (Phi) is 3.51. The second-order valence-corrected chi connectivity index (χ2v) is 5.37. The summed E-state index contributed by atoms with van der Waals surface area (Å²) >= 11 is 2.99. The third-order valence-corrected chi connectivity index (χ3v) is 3.57. The highest BCUT2D eigenvalue weighted by molar-refractivity contribution is 9.10. The van der Waals surface area contributed by atoms with Gasteiger partial charge in [0.2, 0.25) is 5.78 Å². The largest absolute Gasteiger partial charge is 0.288 e. The molecule has 0 aliphatic heterocycles. The second-order valence-electron chi connectivity index (χ2n) is 4.45. The van der Waals surface area contributed by atoms with E-state index in [1.807, 2.05) is 0 Å². The van der Waals surface area contributed by atoms with Crippen molar-refractivity contribution in [2.45, 2.75) is 0 Å². The number of halogens is 3. The number of hydrogen-bond donors (Lipinski definition) is 0. The maximum Gasteiger partial charge on any atom is 0.201 e. The van der Waals surface area contributed by atoms with E-state index in [0.717, 1.165) is 17.5 Å². The zero-order valence-electron chi connectivity index (χ0n) is 10.6. The van der Waals surface area contributed by atoms with E-state index in [1.54, 1.807) is 24.3 Å². The number of para-hydroxylation sites is 1. The Morgan fingerprint density at radius 1 is 1.05 bits per heavy atom. The monoisotopic (exact) mass is 347 g/mol. The number of rotatable bonds is 2. The van der Waals surface area contributed by atoms with Crippen LogP contribution in [0.5, 0.6) is 0 Å². The summed E-state index contributed by atoms with van der Waals surface area (Å²) < 4.78 is 28.1. The summed E-state index contributed by atoms with van der Waals surface area (Å²) in [5.74, 6) is -2.53. The molecule has 0 spiro atoms. The molecule has 0 amide bonds. The summed E-state index contributed by atoms with van der Waals surface area (Å²) in [7, 11) is 0. The minimum absolute atomic E-state index is 0.174. The molecule has 1 heterocycles. The topological polar surface area (TPSA) is 30.0 Å². The van der Waals surface area contributed by atoms with Crippen molar-refractivity contribution >= 4 is 32.6 Å². The minimum atomic E-state index is -0.903. The lowest BCUT2D eigenvalue weighted by Gasteiger charge is -2.07. The fourth-order valence-corrected chi connectivity index (χ4v) is 2.58. The summed E-state index contributed by atoms with van der Waals surface area (Å²) in [6, 6.07) is 10.6. The number of benzene rings is 2. The van der Waals surface area contributed by atoms with E-state index < -0.39 is 23.0 Å². The highest BCUT2D eigenvalue weighted by atomic mass is 79.9. The quantitative estimate of drug-likeness (QED) is 0.638. The maximum absolute atomic E-state index is 13.9. The zero-order valence-corrected chi connectivity index (χ0v) is 12.2. The van der Waals surface area contributed by atoms with Gasteiger partial charge in [0.1, 0.15) is 11.6 Å². The average Bonchev–Trinajstić information content (AvgIpc) is 2.45. The van der Waals surface area contributed by atoms with Crippen molar-refractivity contribution in [2.75, 3.05) is 0 Å². The summed E-state index contributed by atoms with van der Waals surface area (Å²) in [5, 5.41) is 0.737. The highest BCUT2D eigenvalue weighted by Crippen LogP contribution is 2.25. The van der Waals surface area contributed by atoms with E-state index in [-0.39, 0.29) is 10.0 Å². The lowest BCUT2D eigenvalue weighted by Crippen LogP contribution is -2.08. The second kappa shape index (κ2) is 5.33. The molecule has 0 saturated heterocycles. The molecular weight excluding hydrogens is 340 g/mol. The molecular formula is C16H8BrF2NO. The van der Waals surface area contributed by atoms with Crippen LogP contribution in [0.1, 0.15) is 15.9 Å². The van der Waals surface area contributed by atoms with Crippen molar-refractivity contribution in [1.82, 2.24) is 4.98 Å². The predicted octanol–water partition coefficient (Wildman–Crippen LogP) is 4.51. The van der Waals surface area contributed by atoms with Crippen molar-refractivity contribution in [3.8, 4) is 0 Å². The van der Waals surface area contributed by atoms with Gasteiger partial charge in [-0.2, -0.15) is 0 Å². The Morgan fingerprint density at radius 2 is 1.71 bits per heavy atom. The summed E-state index contributed by atoms with van der Waals surface area (Å²) in [4.78, 5) is 16.6. The molecule has 0 N–H and O–H groups in total. The number of aromatic nitrogens is 1. The Labute approximate surface area is 127 Å². The van der Waals surface area contributed by atoms with Crippen molar-refractivity contribution < 1.29 is 13.6 Å². The summed E-state index contributed by atoms with van der Waals surface area (Å²) in [5.41, 5.74) is 0.0243. The Balaban J connectivity index is 2.22. The minimum Gasteiger partial charge on any atom is -0.288 e. The van der Waals surface area contributed by atoms with Crippen LogP contribution in [-0.4, -0.2) is 10.8 Å². The molecule has 2 nitrogen and oxygen atoms in total. The smallest absolute Gasteiger partial charge is 0.201 e. The van der Waals surface area contributed by atoms with Crippen LogP contribution in [0.15, 0.2) is 53.1 Å². The van der Waals surface area contributed by atoms with Gasteiger partial charge >= 0.3 is 0 Å². The van der Waals surface area contributed by atoms with Gasteiger partial charge in [0.15, 0.2) is 0 Å². The van der Waals surface area contributed by atoms with Crippen molar-refractivity contribution in [2.24, 2.45) is 0 Å². The first-order chi connectivity index (χ1) is 10.1. The lowest BCUT2D eigenvalue weighted by molar-refractivity contribution is 0.103. The molecule has 104 valence electrons. The molecule has 0 aliphatic rings. The van der Waals surface area contributed by atoms with Crippen LogP contribution < -0.4 is 0 Å². The molecule has 0 atom stereocenters. The normalized spacial score (nSPS) is 10.8. The van der Waals surface area contributed by atoms with E-state index in [9.17, 15) is 13.6 Å². The number of fused-ring (bicyclic) bond motifs is 1. The average molecular weight is 348 g/mol.